The van der Waals surface area contributed by atoms with E-state index in [9.17, 15) is 8.78 Å². The molecule has 0 saturated carbocycles. The Bertz CT molecular complexity index is 665. The molecule has 0 saturated heterocycles. The van der Waals surface area contributed by atoms with Gasteiger partial charge in [0.25, 0.3) is 0 Å². The van der Waals surface area contributed by atoms with Crippen LogP contribution in [0.1, 0.15) is 24.7 Å². The van der Waals surface area contributed by atoms with Crippen LogP contribution in [0.5, 0.6) is 0 Å². The van der Waals surface area contributed by atoms with Crippen molar-refractivity contribution in [3.63, 3.8) is 0 Å². The Kier molecular flexibility index (Phi) is 4.04. The first-order valence-electron chi connectivity index (χ1n) is 6.08. The van der Waals surface area contributed by atoms with Gasteiger partial charge in [0.1, 0.15) is 22.1 Å². The summed E-state index contributed by atoms with van der Waals surface area (Å²) in [6.07, 6.45) is 1.61. The van der Waals surface area contributed by atoms with Crippen molar-refractivity contribution >= 4 is 12.2 Å². The minimum Gasteiger partial charge on any atom is -0.343 e. The predicted octanol–water partition coefficient (Wildman–Crippen LogP) is 4.35. The molecule has 2 rings (SSSR count). The summed E-state index contributed by atoms with van der Waals surface area (Å²) in [7, 11) is 0. The van der Waals surface area contributed by atoms with E-state index in [1.165, 1.54) is 6.07 Å². The van der Waals surface area contributed by atoms with E-state index in [0.717, 1.165) is 18.6 Å². The largest absolute Gasteiger partial charge is 0.343 e. The predicted molar refractivity (Wildman–Crippen MR) is 73.5 cm³/mol. The SMILES string of the molecule is CCCc1nc(=S)c(C)c(-c2cc(F)ccc2F)[nH]1. The summed E-state index contributed by atoms with van der Waals surface area (Å²) in [4.78, 5) is 7.30. The third-order valence-electron chi connectivity index (χ3n) is 2.89. The van der Waals surface area contributed by atoms with Crippen molar-refractivity contribution in [1.82, 2.24) is 9.97 Å². The van der Waals surface area contributed by atoms with Gasteiger partial charge >= 0.3 is 0 Å². The molecule has 2 nitrogen and oxygen atoms in total. The topological polar surface area (TPSA) is 28.7 Å². The van der Waals surface area contributed by atoms with Gasteiger partial charge in [0.15, 0.2) is 0 Å². The van der Waals surface area contributed by atoms with E-state index in [1.807, 2.05) is 6.92 Å². The average molecular weight is 280 g/mol. The van der Waals surface area contributed by atoms with Gasteiger partial charge in [-0.15, -0.1) is 0 Å². The summed E-state index contributed by atoms with van der Waals surface area (Å²) in [6.45, 7) is 3.77. The first-order valence-corrected chi connectivity index (χ1v) is 6.49. The zero-order valence-electron chi connectivity index (χ0n) is 10.8. The van der Waals surface area contributed by atoms with E-state index in [1.54, 1.807) is 6.92 Å². The molecule has 0 unspecified atom stereocenters. The highest BCUT2D eigenvalue weighted by molar-refractivity contribution is 7.71. The van der Waals surface area contributed by atoms with Gasteiger partial charge in [0.05, 0.1) is 5.69 Å². The molecule has 0 spiro atoms. The second-order valence-corrected chi connectivity index (χ2v) is 4.75. The maximum atomic E-state index is 13.8. The lowest BCUT2D eigenvalue weighted by Gasteiger charge is -2.10. The minimum absolute atomic E-state index is 0.184. The Balaban J connectivity index is 2.67. The monoisotopic (exact) mass is 280 g/mol. The van der Waals surface area contributed by atoms with Crippen LogP contribution in [0.3, 0.4) is 0 Å². The summed E-state index contributed by atoms with van der Waals surface area (Å²) in [5.41, 5.74) is 1.34. The van der Waals surface area contributed by atoms with Gasteiger partial charge in [-0.2, -0.15) is 0 Å². The molecule has 1 aromatic carbocycles. The number of aromatic amines is 1. The van der Waals surface area contributed by atoms with E-state index >= 15 is 0 Å². The van der Waals surface area contributed by atoms with Crippen LogP contribution < -0.4 is 0 Å². The lowest BCUT2D eigenvalue weighted by Crippen LogP contribution is -2.01. The molecule has 0 bridgehead atoms. The molecule has 0 amide bonds. The quantitative estimate of drug-likeness (QED) is 0.847. The molecule has 100 valence electrons. The van der Waals surface area contributed by atoms with Crippen molar-refractivity contribution in [1.29, 1.82) is 0 Å². The number of H-pyrrole nitrogens is 1. The number of halogens is 2. The molecule has 2 aromatic rings. The molecule has 1 aromatic heterocycles. The van der Waals surface area contributed by atoms with Crippen molar-refractivity contribution in [3.05, 3.63) is 45.9 Å². The van der Waals surface area contributed by atoms with Crippen molar-refractivity contribution in [2.75, 3.05) is 0 Å². The molecule has 0 fully saturated rings. The zero-order valence-corrected chi connectivity index (χ0v) is 11.6. The van der Waals surface area contributed by atoms with Crippen molar-refractivity contribution in [2.24, 2.45) is 0 Å². The molecule has 0 aliphatic carbocycles. The fourth-order valence-corrected chi connectivity index (χ4v) is 2.11. The van der Waals surface area contributed by atoms with Crippen LogP contribution in [0.15, 0.2) is 18.2 Å². The summed E-state index contributed by atoms with van der Waals surface area (Å²) < 4.78 is 27.6. The maximum absolute atomic E-state index is 13.8. The van der Waals surface area contributed by atoms with Crippen molar-refractivity contribution in [3.8, 4) is 11.3 Å². The second-order valence-electron chi connectivity index (χ2n) is 4.36. The molecule has 0 atom stereocenters. The van der Waals surface area contributed by atoms with E-state index in [4.69, 9.17) is 12.2 Å². The van der Waals surface area contributed by atoms with Crippen LogP contribution in [0.2, 0.25) is 0 Å². The zero-order chi connectivity index (χ0) is 14.0. The van der Waals surface area contributed by atoms with Crippen molar-refractivity contribution in [2.45, 2.75) is 26.7 Å². The van der Waals surface area contributed by atoms with Gasteiger partial charge < -0.3 is 4.98 Å². The number of benzene rings is 1. The lowest BCUT2D eigenvalue weighted by atomic mass is 10.1. The van der Waals surface area contributed by atoms with Gasteiger partial charge in [0.2, 0.25) is 0 Å². The number of aromatic nitrogens is 2. The van der Waals surface area contributed by atoms with Crippen LogP contribution in [0, 0.1) is 23.2 Å². The molecule has 0 aliphatic heterocycles. The highest BCUT2D eigenvalue weighted by Gasteiger charge is 2.12. The van der Waals surface area contributed by atoms with Crippen LogP contribution in [-0.4, -0.2) is 9.97 Å². The Labute approximate surface area is 115 Å². The Morgan fingerprint density at radius 3 is 2.74 bits per heavy atom. The van der Waals surface area contributed by atoms with Crippen LogP contribution in [0.4, 0.5) is 8.78 Å². The Hall–Kier alpha value is -1.62. The molecular formula is C14H14F2N2S. The minimum atomic E-state index is -0.483. The molecule has 1 heterocycles. The molecule has 19 heavy (non-hydrogen) atoms. The number of hydrogen-bond donors (Lipinski definition) is 1. The standard InChI is InChI=1S/C14H14F2N2S/c1-3-4-12-17-13(8(2)14(19)18-12)10-7-9(15)5-6-11(10)16/h5-7H,3-4H2,1-2H3,(H,17,18,19). The van der Waals surface area contributed by atoms with E-state index < -0.39 is 11.6 Å². The molecule has 5 heteroatoms. The summed E-state index contributed by atoms with van der Waals surface area (Å²) in [5, 5.41) is 0. The number of hydrogen-bond acceptors (Lipinski definition) is 2. The Morgan fingerprint density at radius 2 is 2.05 bits per heavy atom. The van der Waals surface area contributed by atoms with Crippen LogP contribution in [-0.2, 0) is 6.42 Å². The van der Waals surface area contributed by atoms with Gasteiger partial charge in [-0.1, -0.05) is 19.1 Å². The number of nitrogens with one attached hydrogen (secondary N) is 1. The van der Waals surface area contributed by atoms with Gasteiger partial charge in [-0.3, -0.25) is 0 Å². The Morgan fingerprint density at radius 1 is 1.32 bits per heavy atom. The second kappa shape index (κ2) is 5.57. The first kappa shape index (κ1) is 13.8. The third kappa shape index (κ3) is 2.87. The van der Waals surface area contributed by atoms with Gasteiger partial charge in [-0.25, -0.2) is 13.8 Å². The highest BCUT2D eigenvalue weighted by Crippen LogP contribution is 2.25. The molecule has 1 N–H and O–H groups in total. The van der Waals surface area contributed by atoms with E-state index in [-0.39, 0.29) is 5.56 Å². The summed E-state index contributed by atoms with van der Waals surface area (Å²) in [6, 6.07) is 3.37. The fourth-order valence-electron chi connectivity index (χ4n) is 1.89. The average Bonchev–Trinajstić information content (AvgIpc) is 2.37. The van der Waals surface area contributed by atoms with Gasteiger partial charge in [-0.05, 0) is 31.5 Å². The molecular weight excluding hydrogens is 266 g/mol. The molecule has 0 aliphatic rings. The highest BCUT2D eigenvalue weighted by atomic mass is 32.1. The number of rotatable bonds is 3. The summed E-state index contributed by atoms with van der Waals surface area (Å²) in [5.74, 6) is -0.274. The number of aryl methyl sites for hydroxylation is 1. The van der Waals surface area contributed by atoms with Crippen molar-refractivity contribution < 1.29 is 8.78 Å². The van der Waals surface area contributed by atoms with E-state index in [2.05, 4.69) is 9.97 Å². The normalized spacial score (nSPS) is 10.7. The summed E-state index contributed by atoms with van der Waals surface area (Å²) >= 11 is 5.17. The van der Waals surface area contributed by atoms with E-state index in [0.29, 0.717) is 28.1 Å². The smallest absolute Gasteiger partial charge is 0.133 e. The number of nitrogens with zero attached hydrogens (tertiary/aromatic N) is 1. The van der Waals surface area contributed by atoms with Crippen LogP contribution in [0.25, 0.3) is 11.3 Å². The fraction of sp³-hybridized carbons (Fsp3) is 0.286. The third-order valence-corrected chi connectivity index (χ3v) is 3.28. The molecule has 0 radical (unpaired) electrons. The maximum Gasteiger partial charge on any atom is 0.133 e. The first-order chi connectivity index (χ1) is 9.02. The van der Waals surface area contributed by atoms with Gasteiger partial charge in [0, 0.05) is 17.5 Å². The lowest BCUT2D eigenvalue weighted by molar-refractivity contribution is 0.602. The van der Waals surface area contributed by atoms with Crippen LogP contribution >= 0.6 is 12.2 Å².